The van der Waals surface area contributed by atoms with Crippen LogP contribution in [0.25, 0.3) is 10.9 Å². The highest BCUT2D eigenvalue weighted by atomic mass is 35.5. The van der Waals surface area contributed by atoms with Crippen LogP contribution in [0.15, 0.2) is 23.0 Å². The van der Waals surface area contributed by atoms with Gasteiger partial charge >= 0.3 is 0 Å². The van der Waals surface area contributed by atoms with Crippen LogP contribution in [0.4, 0.5) is 0 Å². The number of hydrogen-bond donors (Lipinski definition) is 1. The zero-order valence-electron chi connectivity index (χ0n) is 8.67. The predicted octanol–water partition coefficient (Wildman–Crippen LogP) is 2.56. The zero-order valence-corrected chi connectivity index (χ0v) is 9.43. The van der Waals surface area contributed by atoms with Gasteiger partial charge in [-0.15, -0.1) is 0 Å². The molecule has 2 aromatic rings. The zero-order chi connectivity index (χ0) is 11.7. The number of nitrogens with one attached hydrogen (secondary N) is 1. The molecule has 1 heterocycles. The molecule has 3 nitrogen and oxygen atoms in total. The molecule has 16 heavy (non-hydrogen) atoms. The molecule has 0 bridgehead atoms. The van der Waals surface area contributed by atoms with Crippen molar-refractivity contribution in [3.63, 3.8) is 0 Å². The summed E-state index contributed by atoms with van der Waals surface area (Å²) >= 11 is 6.00. The van der Waals surface area contributed by atoms with Crippen LogP contribution in [0, 0.1) is 18.3 Å². The number of fused-ring (bicyclic) bond motifs is 1. The standard InChI is InChI=1S/C12H9ClN2O/c1-7-8(5-6-14)12(16)9-3-2-4-10(13)11(9)15-7/h2-4H,5H2,1H3,(H,15,16). The second kappa shape index (κ2) is 3.99. The summed E-state index contributed by atoms with van der Waals surface area (Å²) < 4.78 is 0. The number of aryl methyl sites for hydroxylation is 1. The predicted molar refractivity (Wildman–Crippen MR) is 63.6 cm³/mol. The fourth-order valence-corrected chi connectivity index (χ4v) is 1.95. The molecule has 4 heteroatoms. The molecule has 80 valence electrons. The molecule has 0 atom stereocenters. The summed E-state index contributed by atoms with van der Waals surface area (Å²) in [4.78, 5) is 15.1. The van der Waals surface area contributed by atoms with Gasteiger partial charge in [-0.05, 0) is 19.1 Å². The first kappa shape index (κ1) is 10.7. The molecule has 2 rings (SSSR count). The van der Waals surface area contributed by atoms with Crippen LogP contribution in [-0.4, -0.2) is 4.98 Å². The van der Waals surface area contributed by atoms with Gasteiger partial charge in [0.15, 0.2) is 5.43 Å². The lowest BCUT2D eigenvalue weighted by molar-refractivity contribution is 1.12. The van der Waals surface area contributed by atoms with Crippen molar-refractivity contribution >= 4 is 22.5 Å². The number of H-pyrrole nitrogens is 1. The van der Waals surface area contributed by atoms with E-state index in [0.717, 1.165) is 0 Å². The van der Waals surface area contributed by atoms with Crippen molar-refractivity contribution in [1.82, 2.24) is 4.98 Å². The SMILES string of the molecule is Cc1[nH]c2c(Cl)cccc2c(=O)c1CC#N. The quantitative estimate of drug-likeness (QED) is 0.822. The van der Waals surface area contributed by atoms with Gasteiger partial charge in [-0.2, -0.15) is 5.26 Å². The normalized spacial score (nSPS) is 10.3. The number of para-hydroxylation sites is 1. The van der Waals surface area contributed by atoms with Gasteiger partial charge in [0.05, 0.1) is 23.0 Å². The number of benzene rings is 1. The maximum Gasteiger partial charge on any atom is 0.193 e. The summed E-state index contributed by atoms with van der Waals surface area (Å²) in [5, 5.41) is 9.71. The van der Waals surface area contributed by atoms with Crippen molar-refractivity contribution in [2.45, 2.75) is 13.3 Å². The molecule has 0 radical (unpaired) electrons. The van der Waals surface area contributed by atoms with Gasteiger partial charge in [0.1, 0.15) is 0 Å². The van der Waals surface area contributed by atoms with Crippen LogP contribution in [0.3, 0.4) is 0 Å². The third-order valence-corrected chi connectivity index (χ3v) is 2.87. The van der Waals surface area contributed by atoms with Crippen LogP contribution < -0.4 is 5.43 Å². The first-order valence-corrected chi connectivity index (χ1v) is 5.20. The molecule has 1 aromatic carbocycles. The summed E-state index contributed by atoms with van der Waals surface area (Å²) in [6.45, 7) is 1.77. The maximum absolute atomic E-state index is 12.1. The molecular formula is C12H9ClN2O. The Kier molecular flexibility index (Phi) is 2.67. The van der Waals surface area contributed by atoms with Crippen molar-refractivity contribution in [3.05, 3.63) is 44.7 Å². The van der Waals surface area contributed by atoms with Crippen LogP contribution >= 0.6 is 11.6 Å². The first-order chi connectivity index (χ1) is 7.65. The molecule has 0 aliphatic rings. The van der Waals surface area contributed by atoms with Gasteiger partial charge in [0, 0.05) is 16.6 Å². The van der Waals surface area contributed by atoms with Crippen molar-refractivity contribution < 1.29 is 0 Å². The van der Waals surface area contributed by atoms with Gasteiger partial charge < -0.3 is 4.98 Å². The highest BCUT2D eigenvalue weighted by Gasteiger charge is 2.10. The summed E-state index contributed by atoms with van der Waals surface area (Å²) in [6.07, 6.45) is 0.115. The number of aromatic amines is 1. The van der Waals surface area contributed by atoms with Gasteiger partial charge in [0.2, 0.25) is 0 Å². The van der Waals surface area contributed by atoms with Crippen molar-refractivity contribution in [3.8, 4) is 6.07 Å². The largest absolute Gasteiger partial charge is 0.357 e. The number of rotatable bonds is 1. The Bertz CT molecular complexity index is 652. The molecule has 1 aromatic heterocycles. The Morgan fingerprint density at radius 1 is 1.50 bits per heavy atom. The second-order valence-corrected chi connectivity index (χ2v) is 3.96. The fourth-order valence-electron chi connectivity index (χ4n) is 1.73. The Morgan fingerprint density at radius 3 is 2.94 bits per heavy atom. The number of hydrogen-bond acceptors (Lipinski definition) is 2. The van der Waals surface area contributed by atoms with E-state index in [0.29, 0.717) is 27.2 Å². The Labute approximate surface area is 97.3 Å². The summed E-state index contributed by atoms with van der Waals surface area (Å²) in [5.74, 6) is 0. The average molecular weight is 233 g/mol. The lowest BCUT2D eigenvalue weighted by Crippen LogP contribution is -2.12. The smallest absolute Gasteiger partial charge is 0.193 e. The first-order valence-electron chi connectivity index (χ1n) is 4.82. The minimum Gasteiger partial charge on any atom is -0.357 e. The molecule has 0 fully saturated rings. The Balaban J connectivity index is 2.91. The topological polar surface area (TPSA) is 56.6 Å². The molecule has 0 spiro atoms. The van der Waals surface area contributed by atoms with Gasteiger partial charge in [0.25, 0.3) is 0 Å². The molecule has 0 saturated heterocycles. The average Bonchev–Trinajstić information content (AvgIpc) is 2.26. The van der Waals surface area contributed by atoms with Crippen molar-refractivity contribution in [2.24, 2.45) is 0 Å². The molecule has 1 N–H and O–H groups in total. The Hall–Kier alpha value is -1.79. The van der Waals surface area contributed by atoms with E-state index < -0.39 is 0 Å². The van der Waals surface area contributed by atoms with Gasteiger partial charge in [-0.3, -0.25) is 4.79 Å². The number of aromatic nitrogens is 1. The van der Waals surface area contributed by atoms with Crippen molar-refractivity contribution in [1.29, 1.82) is 5.26 Å². The van der Waals surface area contributed by atoms with Crippen LogP contribution in [0.2, 0.25) is 5.02 Å². The van der Waals surface area contributed by atoms with E-state index in [1.165, 1.54) is 0 Å². The van der Waals surface area contributed by atoms with E-state index in [1.807, 2.05) is 6.07 Å². The minimum absolute atomic E-state index is 0.115. The molecular weight excluding hydrogens is 224 g/mol. The number of pyridine rings is 1. The van der Waals surface area contributed by atoms with Crippen molar-refractivity contribution in [2.75, 3.05) is 0 Å². The molecule has 0 unspecified atom stereocenters. The van der Waals surface area contributed by atoms with E-state index >= 15 is 0 Å². The monoisotopic (exact) mass is 232 g/mol. The van der Waals surface area contributed by atoms with E-state index in [2.05, 4.69) is 4.98 Å². The number of nitriles is 1. The third kappa shape index (κ3) is 1.58. The third-order valence-electron chi connectivity index (χ3n) is 2.55. The van der Waals surface area contributed by atoms with Crippen LogP contribution in [0.1, 0.15) is 11.3 Å². The van der Waals surface area contributed by atoms with Gasteiger partial charge in [-0.25, -0.2) is 0 Å². The number of halogens is 1. The summed E-state index contributed by atoms with van der Waals surface area (Å²) in [7, 11) is 0. The lowest BCUT2D eigenvalue weighted by atomic mass is 10.1. The highest BCUT2D eigenvalue weighted by molar-refractivity contribution is 6.35. The number of nitrogens with zero attached hydrogens (tertiary/aromatic N) is 1. The van der Waals surface area contributed by atoms with E-state index in [-0.39, 0.29) is 11.8 Å². The van der Waals surface area contributed by atoms with E-state index in [9.17, 15) is 4.79 Å². The minimum atomic E-state index is -0.115. The second-order valence-electron chi connectivity index (χ2n) is 3.55. The molecule has 0 aliphatic carbocycles. The van der Waals surface area contributed by atoms with Gasteiger partial charge in [-0.1, -0.05) is 17.7 Å². The lowest BCUT2D eigenvalue weighted by Gasteiger charge is -2.06. The fraction of sp³-hybridized carbons (Fsp3) is 0.167. The Morgan fingerprint density at radius 2 is 2.25 bits per heavy atom. The highest BCUT2D eigenvalue weighted by Crippen LogP contribution is 2.20. The van der Waals surface area contributed by atoms with Crippen LogP contribution in [0.5, 0.6) is 0 Å². The molecule has 0 saturated carbocycles. The maximum atomic E-state index is 12.1. The van der Waals surface area contributed by atoms with Crippen LogP contribution in [-0.2, 0) is 6.42 Å². The molecule has 0 aliphatic heterocycles. The van der Waals surface area contributed by atoms with E-state index in [1.54, 1.807) is 25.1 Å². The van der Waals surface area contributed by atoms with E-state index in [4.69, 9.17) is 16.9 Å². The summed E-state index contributed by atoms with van der Waals surface area (Å²) in [6, 6.07) is 7.15. The summed E-state index contributed by atoms with van der Waals surface area (Å²) in [5.41, 5.74) is 1.73. The molecule has 0 amide bonds.